The summed E-state index contributed by atoms with van der Waals surface area (Å²) in [5, 5.41) is 8.23. The van der Waals surface area contributed by atoms with E-state index < -0.39 is 0 Å². The number of nitrogens with two attached hydrogens (primary N) is 1. The Hall–Kier alpha value is -1.82. The summed E-state index contributed by atoms with van der Waals surface area (Å²) in [7, 11) is 0. The molecule has 0 aliphatic carbocycles. The van der Waals surface area contributed by atoms with Gasteiger partial charge < -0.3 is 10.2 Å². The van der Waals surface area contributed by atoms with Gasteiger partial charge in [0.25, 0.3) is 5.22 Å². The normalized spacial score (nSPS) is 10.7. The summed E-state index contributed by atoms with van der Waals surface area (Å²) in [6.07, 6.45) is 0. The van der Waals surface area contributed by atoms with Crippen molar-refractivity contribution in [1.82, 2.24) is 9.97 Å². The van der Waals surface area contributed by atoms with E-state index in [9.17, 15) is 0 Å². The molecule has 0 amide bonds. The number of rotatable bonds is 3. The van der Waals surface area contributed by atoms with Crippen molar-refractivity contribution in [3.63, 3.8) is 0 Å². The first-order chi connectivity index (χ1) is 8.88. The molecule has 100 valence electrons. The number of hydrogen-bond donors (Lipinski definition) is 2. The Kier molecular flexibility index (Phi) is 3.61. The third kappa shape index (κ3) is 2.78. The number of oxazole rings is 1. The lowest BCUT2D eigenvalue weighted by molar-refractivity contribution is 0.431. The van der Waals surface area contributed by atoms with Crippen LogP contribution in [0.5, 0.6) is 0 Å². The smallest absolute Gasteiger partial charge is 0.261 e. The molecule has 2 aromatic heterocycles. The molecule has 5 nitrogen and oxygen atoms in total. The number of nitrogens with one attached hydrogen (secondary N) is 1. The first-order valence-corrected chi connectivity index (χ1v) is 6.64. The van der Waals surface area contributed by atoms with E-state index in [1.165, 1.54) is 11.8 Å². The van der Waals surface area contributed by atoms with Crippen LogP contribution in [0.25, 0.3) is 0 Å². The summed E-state index contributed by atoms with van der Waals surface area (Å²) >= 11 is 1.37. The molecule has 0 radical (unpaired) electrons. The predicted octanol–water partition coefficient (Wildman–Crippen LogP) is 2.74. The Morgan fingerprint density at radius 1 is 1.21 bits per heavy atom. The first-order valence-electron chi connectivity index (χ1n) is 5.83. The Morgan fingerprint density at radius 3 is 2.42 bits per heavy atom. The highest BCUT2D eigenvalue weighted by atomic mass is 32.2. The molecular formula is C13H16N4OS. The van der Waals surface area contributed by atoms with Crippen LogP contribution in [-0.2, 0) is 0 Å². The van der Waals surface area contributed by atoms with E-state index in [-0.39, 0.29) is 5.84 Å². The van der Waals surface area contributed by atoms with Gasteiger partial charge >= 0.3 is 0 Å². The van der Waals surface area contributed by atoms with Crippen LogP contribution in [0.3, 0.4) is 0 Å². The second-order valence-electron chi connectivity index (χ2n) is 4.36. The molecule has 0 atom stereocenters. The summed E-state index contributed by atoms with van der Waals surface area (Å²) in [5.41, 5.74) is 8.77. The molecule has 2 rings (SSSR count). The Labute approximate surface area is 116 Å². The van der Waals surface area contributed by atoms with E-state index in [1.807, 2.05) is 33.8 Å². The van der Waals surface area contributed by atoms with Gasteiger partial charge in [0.2, 0.25) is 0 Å². The highest BCUT2D eigenvalue weighted by Gasteiger charge is 2.15. The largest absolute Gasteiger partial charge is 0.436 e. The zero-order chi connectivity index (χ0) is 14.2. The van der Waals surface area contributed by atoms with E-state index in [0.29, 0.717) is 10.8 Å². The summed E-state index contributed by atoms with van der Waals surface area (Å²) in [6, 6.07) is 1.89. The molecule has 0 fully saturated rings. The van der Waals surface area contributed by atoms with Crippen LogP contribution in [0.4, 0.5) is 0 Å². The van der Waals surface area contributed by atoms with Crippen LogP contribution < -0.4 is 5.73 Å². The Morgan fingerprint density at radius 2 is 1.89 bits per heavy atom. The van der Waals surface area contributed by atoms with Gasteiger partial charge in [-0.2, -0.15) is 0 Å². The van der Waals surface area contributed by atoms with Gasteiger partial charge in [0, 0.05) is 16.3 Å². The number of nitrogen functional groups attached to an aromatic ring is 1. The van der Waals surface area contributed by atoms with Crippen molar-refractivity contribution < 1.29 is 4.42 Å². The average Bonchev–Trinajstić information content (AvgIpc) is 2.55. The van der Waals surface area contributed by atoms with Crippen molar-refractivity contribution in [3.05, 3.63) is 34.5 Å². The lowest BCUT2D eigenvalue weighted by atomic mass is 10.1. The SMILES string of the molecule is Cc1cc(Sc2nc(C)c(C)o2)c(C(=N)N)c(C)n1. The molecule has 2 aromatic rings. The predicted molar refractivity (Wildman–Crippen MR) is 74.8 cm³/mol. The third-order valence-electron chi connectivity index (χ3n) is 2.77. The van der Waals surface area contributed by atoms with E-state index >= 15 is 0 Å². The summed E-state index contributed by atoms with van der Waals surface area (Å²) in [6.45, 7) is 7.53. The molecule has 2 heterocycles. The minimum atomic E-state index is 0.00694. The molecular weight excluding hydrogens is 260 g/mol. The van der Waals surface area contributed by atoms with Gasteiger partial charge in [-0.05, 0) is 45.5 Å². The fourth-order valence-electron chi connectivity index (χ4n) is 1.78. The van der Waals surface area contributed by atoms with Gasteiger partial charge in [0.05, 0.1) is 11.3 Å². The van der Waals surface area contributed by atoms with Crippen LogP contribution in [0.2, 0.25) is 0 Å². The third-order valence-corrected chi connectivity index (χ3v) is 3.66. The van der Waals surface area contributed by atoms with Crippen LogP contribution >= 0.6 is 11.8 Å². The van der Waals surface area contributed by atoms with Crippen molar-refractivity contribution >= 4 is 17.6 Å². The van der Waals surface area contributed by atoms with Gasteiger partial charge in [0.1, 0.15) is 11.6 Å². The van der Waals surface area contributed by atoms with E-state index in [4.69, 9.17) is 15.6 Å². The maximum Gasteiger partial charge on any atom is 0.261 e. The summed E-state index contributed by atoms with van der Waals surface area (Å²) in [4.78, 5) is 9.51. The molecule has 0 aromatic carbocycles. The number of pyridine rings is 1. The van der Waals surface area contributed by atoms with Gasteiger partial charge in [-0.25, -0.2) is 4.98 Å². The van der Waals surface area contributed by atoms with Crippen molar-refractivity contribution in [2.45, 2.75) is 37.8 Å². The van der Waals surface area contributed by atoms with Gasteiger partial charge in [-0.1, -0.05) is 0 Å². The van der Waals surface area contributed by atoms with Crippen LogP contribution in [0, 0.1) is 33.1 Å². The second kappa shape index (κ2) is 5.05. The van der Waals surface area contributed by atoms with Gasteiger partial charge in [-0.3, -0.25) is 10.4 Å². The Bertz CT molecular complexity index is 629. The van der Waals surface area contributed by atoms with Gasteiger partial charge in [0.15, 0.2) is 0 Å². The van der Waals surface area contributed by atoms with Crippen molar-refractivity contribution in [1.29, 1.82) is 5.41 Å². The second-order valence-corrected chi connectivity index (χ2v) is 5.35. The number of hydrogen-bond acceptors (Lipinski definition) is 5. The fraction of sp³-hybridized carbons (Fsp3) is 0.308. The zero-order valence-electron chi connectivity index (χ0n) is 11.4. The molecule has 19 heavy (non-hydrogen) atoms. The first kappa shape index (κ1) is 13.6. The molecule has 0 saturated heterocycles. The van der Waals surface area contributed by atoms with Crippen LogP contribution in [0.15, 0.2) is 20.6 Å². The van der Waals surface area contributed by atoms with E-state index in [1.54, 1.807) is 0 Å². The number of nitrogens with zero attached hydrogens (tertiary/aromatic N) is 2. The lowest BCUT2D eigenvalue weighted by Gasteiger charge is -2.09. The maximum atomic E-state index is 7.67. The van der Waals surface area contributed by atoms with E-state index in [0.717, 1.165) is 27.7 Å². The van der Waals surface area contributed by atoms with Gasteiger partial charge in [-0.15, -0.1) is 0 Å². The number of aromatic nitrogens is 2. The van der Waals surface area contributed by atoms with Crippen molar-refractivity contribution in [2.24, 2.45) is 5.73 Å². The maximum absolute atomic E-state index is 7.67. The molecule has 3 N–H and O–H groups in total. The zero-order valence-corrected chi connectivity index (χ0v) is 12.2. The number of amidine groups is 1. The fourth-order valence-corrected chi connectivity index (χ4v) is 2.91. The van der Waals surface area contributed by atoms with E-state index in [2.05, 4.69) is 9.97 Å². The highest BCUT2D eigenvalue weighted by Crippen LogP contribution is 2.32. The summed E-state index contributed by atoms with van der Waals surface area (Å²) < 4.78 is 5.55. The number of aryl methyl sites for hydroxylation is 4. The van der Waals surface area contributed by atoms with Crippen LogP contribution in [-0.4, -0.2) is 15.8 Å². The Balaban J connectivity index is 2.46. The molecule has 0 bridgehead atoms. The highest BCUT2D eigenvalue weighted by molar-refractivity contribution is 7.99. The standard InChI is InChI=1S/C13H16N4OS/c1-6-5-10(11(12(14)15)8(3)16-6)19-13-17-7(2)9(4)18-13/h5H,1-4H3,(H3,14,15). The lowest BCUT2D eigenvalue weighted by Crippen LogP contribution is -2.15. The quantitative estimate of drug-likeness (QED) is 0.664. The molecule has 6 heteroatoms. The molecule has 0 aliphatic heterocycles. The average molecular weight is 276 g/mol. The minimum absolute atomic E-state index is 0.00694. The topological polar surface area (TPSA) is 88.8 Å². The van der Waals surface area contributed by atoms with Crippen LogP contribution in [0.1, 0.15) is 28.4 Å². The van der Waals surface area contributed by atoms with Crippen molar-refractivity contribution in [3.8, 4) is 0 Å². The molecule has 0 saturated carbocycles. The molecule has 0 spiro atoms. The summed E-state index contributed by atoms with van der Waals surface area (Å²) in [5.74, 6) is 0.807. The van der Waals surface area contributed by atoms with Crippen molar-refractivity contribution in [2.75, 3.05) is 0 Å². The monoisotopic (exact) mass is 276 g/mol. The molecule has 0 unspecified atom stereocenters. The molecule has 0 aliphatic rings. The minimum Gasteiger partial charge on any atom is -0.436 e.